The summed E-state index contributed by atoms with van der Waals surface area (Å²) in [5.41, 5.74) is 2.97. The van der Waals surface area contributed by atoms with Crippen molar-refractivity contribution >= 4 is 39.2 Å². The molecule has 3 rings (SSSR count). The third kappa shape index (κ3) is 5.25. The van der Waals surface area contributed by atoms with Gasteiger partial charge in [0.05, 0.1) is 10.0 Å². The van der Waals surface area contributed by atoms with Gasteiger partial charge in [-0.05, 0) is 57.9 Å². The van der Waals surface area contributed by atoms with Gasteiger partial charge in [-0.1, -0.05) is 41.9 Å². The molecule has 0 heterocycles. The standard InChI is InChI=1S/C21H17BrClNO3/c22-18-10-14(12-24-17-6-3-5-15(11-17)21(25)26)8-9-20(18)27-13-16-4-1-2-7-19(16)23/h1-11,24H,12-13H2,(H,25,26). The summed E-state index contributed by atoms with van der Waals surface area (Å²) in [6, 6.07) is 20.1. The van der Waals surface area contributed by atoms with E-state index in [4.69, 9.17) is 21.4 Å². The number of aromatic carboxylic acids is 1. The van der Waals surface area contributed by atoms with E-state index in [0.717, 1.165) is 27.0 Å². The number of nitrogens with one attached hydrogen (secondary N) is 1. The summed E-state index contributed by atoms with van der Waals surface area (Å²) in [5.74, 6) is -0.215. The van der Waals surface area contributed by atoms with Gasteiger partial charge in [-0.3, -0.25) is 0 Å². The van der Waals surface area contributed by atoms with Crippen LogP contribution in [0.4, 0.5) is 5.69 Å². The molecule has 3 aromatic carbocycles. The Kier molecular flexibility index (Phi) is 6.37. The van der Waals surface area contributed by atoms with Crippen LogP contribution in [0.3, 0.4) is 0 Å². The van der Waals surface area contributed by atoms with E-state index in [1.807, 2.05) is 48.5 Å². The third-order valence-electron chi connectivity index (χ3n) is 3.94. The van der Waals surface area contributed by atoms with Crippen LogP contribution in [0.15, 0.2) is 71.2 Å². The first-order valence-corrected chi connectivity index (χ1v) is 9.42. The van der Waals surface area contributed by atoms with Crippen LogP contribution in [0.25, 0.3) is 0 Å². The first-order chi connectivity index (χ1) is 13.0. The molecule has 4 nitrogen and oxygen atoms in total. The second kappa shape index (κ2) is 8.93. The maximum absolute atomic E-state index is 11.0. The van der Waals surface area contributed by atoms with E-state index >= 15 is 0 Å². The lowest BCUT2D eigenvalue weighted by Gasteiger charge is -2.12. The molecule has 0 unspecified atom stereocenters. The smallest absolute Gasteiger partial charge is 0.335 e. The summed E-state index contributed by atoms with van der Waals surface area (Å²) in [7, 11) is 0. The van der Waals surface area contributed by atoms with Gasteiger partial charge >= 0.3 is 5.97 Å². The molecule has 0 saturated carbocycles. The van der Waals surface area contributed by atoms with Crippen molar-refractivity contribution in [3.63, 3.8) is 0 Å². The second-order valence-electron chi connectivity index (χ2n) is 5.88. The topological polar surface area (TPSA) is 58.6 Å². The molecule has 2 N–H and O–H groups in total. The average molecular weight is 447 g/mol. The van der Waals surface area contributed by atoms with E-state index in [-0.39, 0.29) is 5.56 Å². The summed E-state index contributed by atoms with van der Waals surface area (Å²) < 4.78 is 6.69. The number of ether oxygens (including phenoxy) is 1. The molecule has 6 heteroatoms. The molecule has 0 fully saturated rings. The lowest BCUT2D eigenvalue weighted by Crippen LogP contribution is -2.02. The number of hydrogen-bond donors (Lipinski definition) is 2. The Hall–Kier alpha value is -2.50. The van der Waals surface area contributed by atoms with E-state index < -0.39 is 5.97 Å². The van der Waals surface area contributed by atoms with Crippen LogP contribution in [-0.2, 0) is 13.2 Å². The highest BCUT2D eigenvalue weighted by molar-refractivity contribution is 9.10. The van der Waals surface area contributed by atoms with Gasteiger partial charge in [-0.2, -0.15) is 0 Å². The van der Waals surface area contributed by atoms with Crippen LogP contribution in [0.1, 0.15) is 21.5 Å². The van der Waals surface area contributed by atoms with E-state index in [1.54, 1.807) is 18.2 Å². The maximum Gasteiger partial charge on any atom is 0.335 e. The Morgan fingerprint density at radius 1 is 1.07 bits per heavy atom. The Balaban J connectivity index is 1.62. The van der Waals surface area contributed by atoms with Gasteiger partial charge in [0.2, 0.25) is 0 Å². The Morgan fingerprint density at radius 2 is 1.89 bits per heavy atom. The third-order valence-corrected chi connectivity index (χ3v) is 4.93. The number of carboxylic acids is 1. The highest BCUT2D eigenvalue weighted by atomic mass is 79.9. The minimum atomic E-state index is -0.943. The van der Waals surface area contributed by atoms with E-state index in [9.17, 15) is 4.79 Å². The van der Waals surface area contributed by atoms with Crippen LogP contribution in [-0.4, -0.2) is 11.1 Å². The fraction of sp³-hybridized carbons (Fsp3) is 0.0952. The van der Waals surface area contributed by atoms with E-state index in [2.05, 4.69) is 21.2 Å². The van der Waals surface area contributed by atoms with Crippen molar-refractivity contribution < 1.29 is 14.6 Å². The minimum absolute atomic E-state index is 0.254. The van der Waals surface area contributed by atoms with Gasteiger partial charge in [0.15, 0.2) is 0 Å². The summed E-state index contributed by atoms with van der Waals surface area (Å²) in [6.45, 7) is 0.949. The Morgan fingerprint density at radius 3 is 2.63 bits per heavy atom. The zero-order valence-corrected chi connectivity index (χ0v) is 16.6. The minimum Gasteiger partial charge on any atom is -0.488 e. The normalized spacial score (nSPS) is 10.4. The molecule has 27 heavy (non-hydrogen) atoms. The van der Waals surface area contributed by atoms with Gasteiger partial charge in [-0.25, -0.2) is 4.79 Å². The van der Waals surface area contributed by atoms with Crippen molar-refractivity contribution in [3.8, 4) is 5.75 Å². The van der Waals surface area contributed by atoms with Gasteiger partial charge in [0.25, 0.3) is 0 Å². The summed E-state index contributed by atoms with van der Waals surface area (Å²) >= 11 is 9.68. The molecule has 0 saturated heterocycles. The Labute approximate surface area is 170 Å². The average Bonchev–Trinajstić information content (AvgIpc) is 2.67. The van der Waals surface area contributed by atoms with Gasteiger partial charge in [0.1, 0.15) is 12.4 Å². The molecule has 0 radical (unpaired) electrons. The largest absolute Gasteiger partial charge is 0.488 e. The molecule has 0 aliphatic heterocycles. The highest BCUT2D eigenvalue weighted by Crippen LogP contribution is 2.28. The van der Waals surface area contributed by atoms with Crippen LogP contribution in [0.5, 0.6) is 5.75 Å². The van der Waals surface area contributed by atoms with E-state index in [1.165, 1.54) is 0 Å². The summed E-state index contributed by atoms with van der Waals surface area (Å²) in [6.07, 6.45) is 0. The monoisotopic (exact) mass is 445 g/mol. The second-order valence-corrected chi connectivity index (χ2v) is 7.15. The molecule has 0 bridgehead atoms. The van der Waals surface area contributed by atoms with Crippen molar-refractivity contribution in [2.75, 3.05) is 5.32 Å². The van der Waals surface area contributed by atoms with Crippen molar-refractivity contribution in [3.05, 3.63) is 92.9 Å². The molecular weight excluding hydrogens is 430 g/mol. The fourth-order valence-corrected chi connectivity index (χ4v) is 3.24. The molecule has 138 valence electrons. The first-order valence-electron chi connectivity index (χ1n) is 8.25. The van der Waals surface area contributed by atoms with Gasteiger partial charge in [0, 0.05) is 22.8 Å². The number of halogens is 2. The number of anilines is 1. The van der Waals surface area contributed by atoms with Crippen molar-refractivity contribution in [2.45, 2.75) is 13.2 Å². The fourth-order valence-electron chi connectivity index (χ4n) is 2.51. The van der Waals surface area contributed by atoms with Gasteiger partial charge < -0.3 is 15.2 Å². The maximum atomic E-state index is 11.0. The number of rotatable bonds is 7. The predicted molar refractivity (Wildman–Crippen MR) is 111 cm³/mol. The quantitative estimate of drug-likeness (QED) is 0.468. The predicted octanol–water partition coefficient (Wildman–Crippen LogP) is 5.99. The number of hydrogen-bond acceptors (Lipinski definition) is 3. The zero-order valence-electron chi connectivity index (χ0n) is 14.3. The van der Waals surface area contributed by atoms with Crippen molar-refractivity contribution in [1.82, 2.24) is 0 Å². The first kappa shape index (κ1) is 19.3. The lowest BCUT2D eigenvalue weighted by atomic mass is 10.2. The molecule has 0 amide bonds. The molecular formula is C21H17BrClNO3. The molecule has 0 aromatic heterocycles. The zero-order chi connectivity index (χ0) is 19.2. The number of carboxylic acid groups (broad SMARTS) is 1. The molecule has 0 aliphatic rings. The SMILES string of the molecule is O=C(O)c1cccc(NCc2ccc(OCc3ccccc3Cl)c(Br)c2)c1. The molecule has 0 aliphatic carbocycles. The van der Waals surface area contributed by atoms with Crippen LogP contribution >= 0.6 is 27.5 Å². The van der Waals surface area contributed by atoms with Crippen molar-refractivity contribution in [1.29, 1.82) is 0 Å². The van der Waals surface area contributed by atoms with Gasteiger partial charge in [-0.15, -0.1) is 0 Å². The summed E-state index contributed by atoms with van der Waals surface area (Å²) in [5, 5.41) is 13.0. The lowest BCUT2D eigenvalue weighted by molar-refractivity contribution is 0.0697. The number of carbonyl (C=O) groups is 1. The van der Waals surface area contributed by atoms with Crippen molar-refractivity contribution in [2.24, 2.45) is 0 Å². The Bertz CT molecular complexity index is 962. The van der Waals surface area contributed by atoms with Crippen LogP contribution in [0, 0.1) is 0 Å². The number of benzene rings is 3. The van der Waals surface area contributed by atoms with E-state index in [0.29, 0.717) is 18.2 Å². The summed E-state index contributed by atoms with van der Waals surface area (Å²) in [4.78, 5) is 11.0. The molecule has 0 spiro atoms. The van der Waals surface area contributed by atoms with Crippen LogP contribution < -0.4 is 10.1 Å². The molecule has 0 atom stereocenters. The highest BCUT2D eigenvalue weighted by Gasteiger charge is 2.06. The molecule has 3 aromatic rings. The van der Waals surface area contributed by atoms with Crippen LogP contribution in [0.2, 0.25) is 5.02 Å².